The van der Waals surface area contributed by atoms with Crippen molar-refractivity contribution in [3.63, 3.8) is 0 Å². The maximum Gasteiger partial charge on any atom is 0.404 e. The zero-order valence-electron chi connectivity index (χ0n) is 7.90. The van der Waals surface area contributed by atoms with Crippen LogP contribution in [0.25, 0.3) is 0 Å². The van der Waals surface area contributed by atoms with E-state index in [0.717, 1.165) is 12.8 Å². The van der Waals surface area contributed by atoms with Gasteiger partial charge in [0.15, 0.2) is 0 Å². The average Bonchev–Trinajstić information content (AvgIpc) is 2.04. The van der Waals surface area contributed by atoms with Crippen LogP contribution in [-0.2, 0) is 0 Å². The summed E-state index contributed by atoms with van der Waals surface area (Å²) in [5.74, 6) is 0. The average molecular weight is 195 g/mol. The summed E-state index contributed by atoms with van der Waals surface area (Å²) in [6.45, 7) is 3.10. The van der Waals surface area contributed by atoms with Crippen molar-refractivity contribution in [2.75, 3.05) is 13.1 Å². The van der Waals surface area contributed by atoms with Crippen molar-refractivity contribution in [2.45, 2.75) is 44.8 Å². The minimum Gasteiger partial charge on any atom is -0.292 e. The number of nitrogens with zero attached hydrogens (tertiary/aromatic N) is 1. The molecule has 0 aromatic carbocycles. The van der Waals surface area contributed by atoms with Crippen molar-refractivity contribution >= 4 is 0 Å². The molecule has 0 N–H and O–H groups in total. The van der Waals surface area contributed by atoms with E-state index in [2.05, 4.69) is 0 Å². The molecule has 78 valence electrons. The van der Waals surface area contributed by atoms with Crippen molar-refractivity contribution in [3.8, 4) is 0 Å². The van der Waals surface area contributed by atoms with E-state index in [1.165, 1.54) is 0 Å². The fraction of sp³-hybridized carbons (Fsp3) is 1.00. The molecule has 13 heavy (non-hydrogen) atoms. The second-order valence-corrected chi connectivity index (χ2v) is 3.59. The van der Waals surface area contributed by atoms with Crippen LogP contribution in [0.4, 0.5) is 13.2 Å². The summed E-state index contributed by atoms with van der Waals surface area (Å²) in [5, 5.41) is 0. The Hall–Kier alpha value is -0.250. The summed E-state index contributed by atoms with van der Waals surface area (Å²) in [4.78, 5) is 1.57. The van der Waals surface area contributed by atoms with E-state index in [9.17, 15) is 13.2 Å². The predicted octanol–water partition coefficient (Wildman–Crippen LogP) is 2.81. The van der Waals surface area contributed by atoms with Crippen molar-refractivity contribution in [2.24, 2.45) is 0 Å². The maximum atomic E-state index is 12.5. The van der Waals surface area contributed by atoms with E-state index in [-0.39, 0.29) is 6.42 Å². The van der Waals surface area contributed by atoms with Crippen molar-refractivity contribution in [1.29, 1.82) is 0 Å². The summed E-state index contributed by atoms with van der Waals surface area (Å²) >= 11 is 0. The van der Waals surface area contributed by atoms with Gasteiger partial charge in [-0.2, -0.15) is 13.2 Å². The van der Waals surface area contributed by atoms with Gasteiger partial charge >= 0.3 is 6.18 Å². The van der Waals surface area contributed by atoms with Gasteiger partial charge in [-0.05, 0) is 32.4 Å². The van der Waals surface area contributed by atoms with Gasteiger partial charge in [-0.3, -0.25) is 4.90 Å². The molecule has 1 aliphatic rings. The Morgan fingerprint density at radius 3 is 2.54 bits per heavy atom. The van der Waals surface area contributed by atoms with Gasteiger partial charge in [0.25, 0.3) is 0 Å². The standard InChI is InChI=1S/C9H16F3N/c1-2-6-13-7-4-3-5-8(13)9(10,11)12/h8H,2-7H2,1H3. The Kier molecular flexibility index (Phi) is 3.59. The zero-order valence-corrected chi connectivity index (χ0v) is 7.90. The van der Waals surface area contributed by atoms with Gasteiger partial charge in [0.05, 0.1) is 0 Å². The van der Waals surface area contributed by atoms with Gasteiger partial charge in [-0.25, -0.2) is 0 Å². The van der Waals surface area contributed by atoms with E-state index in [4.69, 9.17) is 0 Å². The normalized spacial score (nSPS) is 26.3. The van der Waals surface area contributed by atoms with E-state index in [1.807, 2.05) is 6.92 Å². The van der Waals surface area contributed by atoms with Gasteiger partial charge in [-0.15, -0.1) is 0 Å². The Labute approximate surface area is 76.9 Å². The highest BCUT2D eigenvalue weighted by Crippen LogP contribution is 2.31. The molecule has 0 aliphatic carbocycles. The number of likely N-dealkylation sites (tertiary alicyclic amines) is 1. The van der Waals surface area contributed by atoms with Crippen molar-refractivity contribution in [1.82, 2.24) is 4.90 Å². The molecule has 1 heterocycles. The predicted molar refractivity (Wildman–Crippen MR) is 45.6 cm³/mol. The van der Waals surface area contributed by atoms with Crippen LogP contribution in [0.5, 0.6) is 0 Å². The highest BCUT2D eigenvalue weighted by Gasteiger charge is 2.43. The Bertz CT molecular complexity index is 153. The van der Waals surface area contributed by atoms with E-state index >= 15 is 0 Å². The van der Waals surface area contributed by atoms with Crippen LogP contribution in [0, 0.1) is 0 Å². The molecule has 4 heteroatoms. The zero-order chi connectivity index (χ0) is 9.90. The molecule has 1 saturated heterocycles. The fourth-order valence-electron chi connectivity index (χ4n) is 1.92. The molecule has 1 aliphatic heterocycles. The topological polar surface area (TPSA) is 3.24 Å². The van der Waals surface area contributed by atoms with Crippen molar-refractivity contribution in [3.05, 3.63) is 0 Å². The lowest BCUT2D eigenvalue weighted by molar-refractivity contribution is -0.191. The Morgan fingerprint density at radius 2 is 2.00 bits per heavy atom. The summed E-state index contributed by atoms with van der Waals surface area (Å²) in [5.41, 5.74) is 0. The summed E-state index contributed by atoms with van der Waals surface area (Å²) in [6, 6.07) is -1.18. The fourth-order valence-corrected chi connectivity index (χ4v) is 1.92. The molecule has 1 unspecified atom stereocenters. The van der Waals surface area contributed by atoms with Gasteiger partial charge in [-0.1, -0.05) is 13.3 Å². The maximum absolute atomic E-state index is 12.5. The molecule has 0 amide bonds. The molecular weight excluding hydrogens is 179 g/mol. The van der Waals surface area contributed by atoms with Crippen molar-refractivity contribution < 1.29 is 13.2 Å². The quantitative estimate of drug-likeness (QED) is 0.655. The number of alkyl halides is 3. The summed E-state index contributed by atoms with van der Waals surface area (Å²) in [6.07, 6.45) is -1.33. The minimum absolute atomic E-state index is 0.281. The number of rotatable bonds is 2. The van der Waals surface area contributed by atoms with E-state index in [0.29, 0.717) is 19.5 Å². The van der Waals surface area contributed by atoms with Gasteiger partial charge in [0.1, 0.15) is 6.04 Å². The molecule has 0 saturated carbocycles. The van der Waals surface area contributed by atoms with Crippen LogP contribution < -0.4 is 0 Å². The highest BCUT2D eigenvalue weighted by molar-refractivity contribution is 4.82. The molecule has 0 bridgehead atoms. The third kappa shape index (κ3) is 2.86. The van der Waals surface area contributed by atoms with Gasteiger partial charge < -0.3 is 0 Å². The first-order valence-electron chi connectivity index (χ1n) is 4.86. The SMILES string of the molecule is CCCN1CCCCC1C(F)(F)F. The molecule has 0 aromatic rings. The van der Waals surface area contributed by atoms with Crippen LogP contribution in [-0.4, -0.2) is 30.2 Å². The molecule has 1 nitrogen and oxygen atoms in total. The first-order valence-corrected chi connectivity index (χ1v) is 4.86. The summed E-state index contributed by atoms with van der Waals surface area (Å²) in [7, 11) is 0. The number of hydrogen-bond donors (Lipinski definition) is 0. The third-order valence-electron chi connectivity index (χ3n) is 2.50. The lowest BCUT2D eigenvalue weighted by Crippen LogP contribution is -2.48. The summed E-state index contributed by atoms with van der Waals surface area (Å²) < 4.78 is 37.4. The molecule has 1 fully saturated rings. The lowest BCUT2D eigenvalue weighted by Gasteiger charge is -2.36. The van der Waals surface area contributed by atoms with Gasteiger partial charge in [0.2, 0.25) is 0 Å². The van der Waals surface area contributed by atoms with Crippen LogP contribution >= 0.6 is 0 Å². The highest BCUT2D eigenvalue weighted by atomic mass is 19.4. The Morgan fingerprint density at radius 1 is 1.31 bits per heavy atom. The van der Waals surface area contributed by atoms with E-state index in [1.54, 1.807) is 4.90 Å². The largest absolute Gasteiger partial charge is 0.404 e. The molecule has 1 atom stereocenters. The monoisotopic (exact) mass is 195 g/mol. The van der Waals surface area contributed by atoms with Crippen LogP contribution in [0.3, 0.4) is 0 Å². The van der Waals surface area contributed by atoms with Gasteiger partial charge in [0, 0.05) is 0 Å². The van der Waals surface area contributed by atoms with Crippen LogP contribution in [0.1, 0.15) is 32.6 Å². The molecule has 0 aromatic heterocycles. The Balaban J connectivity index is 2.56. The second-order valence-electron chi connectivity index (χ2n) is 3.59. The first-order chi connectivity index (χ1) is 6.05. The number of hydrogen-bond acceptors (Lipinski definition) is 1. The first kappa shape index (κ1) is 10.8. The third-order valence-corrected chi connectivity index (χ3v) is 2.50. The number of halogens is 3. The van der Waals surface area contributed by atoms with Crippen LogP contribution in [0.2, 0.25) is 0 Å². The smallest absolute Gasteiger partial charge is 0.292 e. The molecular formula is C9H16F3N. The second kappa shape index (κ2) is 4.31. The minimum atomic E-state index is -4.03. The molecule has 0 radical (unpaired) electrons. The molecule has 1 rings (SSSR count). The lowest BCUT2D eigenvalue weighted by atomic mass is 10.0. The molecule has 0 spiro atoms. The number of piperidine rings is 1. The van der Waals surface area contributed by atoms with Crippen LogP contribution in [0.15, 0.2) is 0 Å². The van der Waals surface area contributed by atoms with E-state index < -0.39 is 12.2 Å².